The van der Waals surface area contributed by atoms with Gasteiger partial charge in [-0.25, -0.2) is 0 Å². The Morgan fingerprint density at radius 1 is 0.368 bits per heavy atom. The van der Waals surface area contributed by atoms with Crippen LogP contribution in [-0.4, -0.2) is 4.57 Å². The van der Waals surface area contributed by atoms with Crippen LogP contribution in [-0.2, 0) is 0 Å². The summed E-state index contributed by atoms with van der Waals surface area (Å²) in [6.45, 7) is 0. The van der Waals surface area contributed by atoms with E-state index in [1.807, 2.05) is 0 Å². The van der Waals surface area contributed by atoms with E-state index in [-0.39, 0.29) is 0 Å². The van der Waals surface area contributed by atoms with Gasteiger partial charge in [0.25, 0.3) is 0 Å². The number of hydrogen-bond donors (Lipinski definition) is 0. The molecule has 57 heavy (non-hydrogen) atoms. The largest absolute Gasteiger partial charge is 0.453 e. The number of anilines is 3. The van der Waals surface area contributed by atoms with Gasteiger partial charge in [0.15, 0.2) is 5.58 Å². The van der Waals surface area contributed by atoms with Gasteiger partial charge in [-0.2, -0.15) is 0 Å². The van der Waals surface area contributed by atoms with Gasteiger partial charge in [0, 0.05) is 43.7 Å². The van der Waals surface area contributed by atoms with Crippen molar-refractivity contribution in [2.24, 2.45) is 0 Å². The first-order valence-corrected chi connectivity index (χ1v) is 19.5. The molecule has 0 spiro atoms. The van der Waals surface area contributed by atoms with E-state index in [4.69, 9.17) is 4.42 Å². The molecular formula is C54H34N2O. The van der Waals surface area contributed by atoms with Crippen molar-refractivity contribution < 1.29 is 4.42 Å². The molecule has 2 aromatic heterocycles. The van der Waals surface area contributed by atoms with Crippen molar-refractivity contribution in [3.63, 3.8) is 0 Å². The van der Waals surface area contributed by atoms with Crippen molar-refractivity contribution >= 4 is 93.1 Å². The van der Waals surface area contributed by atoms with Crippen LogP contribution in [0.2, 0.25) is 0 Å². The predicted octanol–water partition coefficient (Wildman–Crippen LogP) is 15.3. The summed E-state index contributed by atoms with van der Waals surface area (Å²) in [5.41, 5.74) is 10.7. The molecule has 0 aliphatic rings. The van der Waals surface area contributed by atoms with Gasteiger partial charge in [0.1, 0.15) is 5.58 Å². The van der Waals surface area contributed by atoms with E-state index < -0.39 is 0 Å². The maximum Gasteiger partial charge on any atom is 0.159 e. The third-order valence-corrected chi connectivity index (χ3v) is 11.7. The number of benzene rings is 10. The molecule has 10 aromatic carbocycles. The molecule has 12 aromatic rings. The average molecular weight is 727 g/mol. The zero-order valence-electron chi connectivity index (χ0n) is 30.9. The third-order valence-electron chi connectivity index (χ3n) is 11.7. The van der Waals surface area contributed by atoms with Crippen LogP contribution in [0.1, 0.15) is 0 Å². The van der Waals surface area contributed by atoms with Gasteiger partial charge in [-0.05, 0) is 81.2 Å². The zero-order chi connectivity index (χ0) is 37.5. The molecule has 0 amide bonds. The average Bonchev–Trinajstić information content (AvgIpc) is 3.84. The van der Waals surface area contributed by atoms with E-state index in [1.54, 1.807) is 0 Å². The van der Waals surface area contributed by atoms with E-state index in [1.165, 1.54) is 49.0 Å². The normalized spacial score (nSPS) is 11.9. The van der Waals surface area contributed by atoms with Crippen LogP contribution in [0.25, 0.3) is 92.9 Å². The van der Waals surface area contributed by atoms with Gasteiger partial charge in [-0.3, -0.25) is 0 Å². The number of furan rings is 1. The minimum absolute atomic E-state index is 0.858. The fourth-order valence-corrected chi connectivity index (χ4v) is 9.20. The zero-order valence-corrected chi connectivity index (χ0v) is 30.9. The molecule has 2 heterocycles. The minimum atomic E-state index is 0.858. The highest BCUT2D eigenvalue weighted by Crippen LogP contribution is 2.48. The molecule has 0 N–H and O–H groups in total. The Hall–Kier alpha value is -7.62. The van der Waals surface area contributed by atoms with Gasteiger partial charge in [0.2, 0.25) is 0 Å². The molecule has 0 aliphatic heterocycles. The van der Waals surface area contributed by atoms with Crippen LogP contribution in [0.15, 0.2) is 211 Å². The molecule has 3 nitrogen and oxygen atoms in total. The summed E-state index contributed by atoms with van der Waals surface area (Å²) in [5.74, 6) is 0. The molecule has 12 rings (SSSR count). The number of para-hydroxylation sites is 2. The summed E-state index contributed by atoms with van der Waals surface area (Å²) in [5, 5.41) is 11.8. The topological polar surface area (TPSA) is 21.3 Å². The van der Waals surface area contributed by atoms with Crippen LogP contribution in [0.3, 0.4) is 0 Å². The van der Waals surface area contributed by atoms with Crippen LogP contribution < -0.4 is 4.90 Å². The van der Waals surface area contributed by atoms with Gasteiger partial charge in [-0.15, -0.1) is 0 Å². The van der Waals surface area contributed by atoms with Crippen molar-refractivity contribution in [2.45, 2.75) is 0 Å². The molecule has 0 atom stereocenters. The highest BCUT2D eigenvalue weighted by Gasteiger charge is 2.25. The Kier molecular flexibility index (Phi) is 6.93. The van der Waals surface area contributed by atoms with E-state index in [0.29, 0.717) is 0 Å². The molecule has 3 heteroatoms. The predicted molar refractivity (Wildman–Crippen MR) is 241 cm³/mol. The Morgan fingerprint density at radius 2 is 0.947 bits per heavy atom. The molecule has 266 valence electrons. The van der Waals surface area contributed by atoms with Gasteiger partial charge in [0.05, 0.1) is 22.4 Å². The first-order chi connectivity index (χ1) is 28.3. The van der Waals surface area contributed by atoms with Crippen molar-refractivity contribution in [3.05, 3.63) is 206 Å². The quantitative estimate of drug-likeness (QED) is 0.176. The number of aromatic nitrogens is 1. The number of fused-ring (bicyclic) bond motifs is 11. The highest BCUT2D eigenvalue weighted by molar-refractivity contribution is 6.24. The van der Waals surface area contributed by atoms with Crippen LogP contribution in [0, 0.1) is 0 Å². The lowest BCUT2D eigenvalue weighted by atomic mass is 9.98. The second-order valence-corrected chi connectivity index (χ2v) is 14.9. The lowest BCUT2D eigenvalue weighted by molar-refractivity contribution is 0.673. The van der Waals surface area contributed by atoms with Gasteiger partial charge < -0.3 is 13.9 Å². The fourth-order valence-electron chi connectivity index (χ4n) is 9.20. The lowest BCUT2D eigenvalue weighted by Gasteiger charge is -2.27. The standard InChI is InChI=1S/C54H34N2O/c1-2-17-39(18-3-1)56-49-25-12-24-48(51(49)47-34-30-36-14-5-8-20-43(36)52(47)56)55(40-31-27-38(28-32-40)42-22-10-16-35-13-4-7-19-41(35)42)50-26-11-23-45-46-33-29-37-15-6-9-21-44(37)53(46)57-54(45)50/h1-34H. The SMILES string of the molecule is c1ccc(-n2c3cccc(N(c4ccc(-c5cccc6ccccc56)cc4)c4cccc5c4oc4c6ccccc6ccc54)c3c3ccc4ccccc4c32)cc1. The monoisotopic (exact) mass is 726 g/mol. The summed E-state index contributed by atoms with van der Waals surface area (Å²) in [7, 11) is 0. The third kappa shape index (κ3) is 4.79. The minimum Gasteiger partial charge on any atom is -0.453 e. The van der Waals surface area contributed by atoms with Gasteiger partial charge >= 0.3 is 0 Å². The maximum absolute atomic E-state index is 7.05. The molecule has 0 saturated carbocycles. The summed E-state index contributed by atoms with van der Waals surface area (Å²) < 4.78 is 9.48. The summed E-state index contributed by atoms with van der Waals surface area (Å²) >= 11 is 0. The van der Waals surface area contributed by atoms with Crippen LogP contribution in [0.5, 0.6) is 0 Å². The Morgan fingerprint density at radius 3 is 1.75 bits per heavy atom. The Balaban J connectivity index is 1.17. The molecule has 0 aliphatic carbocycles. The summed E-state index contributed by atoms with van der Waals surface area (Å²) in [6.07, 6.45) is 0. The van der Waals surface area contributed by atoms with E-state index in [0.717, 1.165) is 61.0 Å². The first-order valence-electron chi connectivity index (χ1n) is 19.5. The lowest BCUT2D eigenvalue weighted by Crippen LogP contribution is -2.10. The Labute approximate surface area is 328 Å². The first kappa shape index (κ1) is 31.7. The smallest absolute Gasteiger partial charge is 0.159 e. The molecule has 0 unspecified atom stereocenters. The van der Waals surface area contributed by atoms with Crippen molar-refractivity contribution in [2.75, 3.05) is 4.90 Å². The number of hydrogen-bond acceptors (Lipinski definition) is 2. The summed E-state index contributed by atoms with van der Waals surface area (Å²) in [4.78, 5) is 2.41. The van der Waals surface area contributed by atoms with Crippen molar-refractivity contribution in [1.29, 1.82) is 0 Å². The van der Waals surface area contributed by atoms with Crippen molar-refractivity contribution in [1.82, 2.24) is 4.57 Å². The molecule has 0 fully saturated rings. The number of nitrogens with zero attached hydrogens (tertiary/aromatic N) is 2. The van der Waals surface area contributed by atoms with Crippen LogP contribution in [0.4, 0.5) is 17.1 Å². The van der Waals surface area contributed by atoms with Gasteiger partial charge in [-0.1, -0.05) is 158 Å². The second-order valence-electron chi connectivity index (χ2n) is 14.9. The Bertz CT molecular complexity index is 3520. The summed E-state index contributed by atoms with van der Waals surface area (Å²) in [6, 6.07) is 74.4. The van der Waals surface area contributed by atoms with Crippen LogP contribution >= 0.6 is 0 Å². The molecule has 0 bridgehead atoms. The van der Waals surface area contributed by atoms with E-state index in [2.05, 4.69) is 216 Å². The second kappa shape index (κ2) is 12.5. The fraction of sp³-hybridized carbons (Fsp3) is 0. The van der Waals surface area contributed by atoms with E-state index in [9.17, 15) is 0 Å². The number of rotatable bonds is 5. The molecule has 0 radical (unpaired) electrons. The molecule has 0 saturated heterocycles. The highest BCUT2D eigenvalue weighted by atomic mass is 16.3. The molecular weight excluding hydrogens is 693 g/mol. The van der Waals surface area contributed by atoms with E-state index >= 15 is 0 Å². The van der Waals surface area contributed by atoms with Crippen molar-refractivity contribution in [3.8, 4) is 16.8 Å². The maximum atomic E-state index is 7.05.